The van der Waals surface area contributed by atoms with Crippen molar-refractivity contribution in [1.82, 2.24) is 21.3 Å². The van der Waals surface area contributed by atoms with Crippen LogP contribution >= 0.6 is 43.2 Å². The highest BCUT2D eigenvalue weighted by atomic mass is 33.1. The molecular formula is C44H44N4O12S4. The van der Waals surface area contributed by atoms with Crippen LogP contribution in [-0.4, -0.2) is 123 Å². The minimum absolute atomic E-state index is 0.0180. The van der Waals surface area contributed by atoms with Crippen molar-refractivity contribution in [2.45, 2.75) is 24.2 Å². The van der Waals surface area contributed by atoms with E-state index in [9.17, 15) is 38.4 Å². The summed E-state index contributed by atoms with van der Waals surface area (Å²) >= 11 is 0. The van der Waals surface area contributed by atoms with Crippen LogP contribution in [-0.2, 0) is 38.1 Å². The molecular weight excluding hydrogens is 905 g/mol. The minimum atomic E-state index is -1.16. The summed E-state index contributed by atoms with van der Waals surface area (Å²) in [4.78, 5) is 108. The van der Waals surface area contributed by atoms with E-state index < -0.39 is 71.7 Å². The fourth-order valence-corrected chi connectivity index (χ4v) is 10.9. The number of benzene rings is 4. The van der Waals surface area contributed by atoms with E-state index in [1.54, 1.807) is 72.8 Å². The molecule has 0 saturated heterocycles. The molecule has 16 nitrogen and oxygen atoms in total. The van der Waals surface area contributed by atoms with Crippen molar-refractivity contribution >= 4 is 90.7 Å². The van der Waals surface area contributed by atoms with Crippen LogP contribution in [0.3, 0.4) is 0 Å². The van der Waals surface area contributed by atoms with Crippen molar-refractivity contribution in [3.05, 3.63) is 119 Å². The first-order valence-corrected chi connectivity index (χ1v) is 24.3. The molecule has 1 aliphatic heterocycles. The number of nitrogens with one attached hydrogen (secondary N) is 4. The molecule has 0 aliphatic carbocycles. The molecule has 4 aromatic rings. The van der Waals surface area contributed by atoms with Gasteiger partial charge in [0.05, 0.1) is 28.4 Å². The van der Waals surface area contributed by atoms with Crippen molar-refractivity contribution < 1.29 is 57.3 Å². The zero-order chi connectivity index (χ0) is 46.2. The van der Waals surface area contributed by atoms with Crippen molar-refractivity contribution in [2.75, 3.05) is 51.5 Å². The topological polar surface area (TPSA) is 222 Å². The maximum absolute atomic E-state index is 13.9. The molecule has 5 rings (SSSR count). The lowest BCUT2D eigenvalue weighted by atomic mass is 9.94. The Kier molecular flexibility index (Phi) is 18.5. The van der Waals surface area contributed by atoms with E-state index in [0.29, 0.717) is 22.3 Å². The quantitative estimate of drug-likeness (QED) is 0.125. The zero-order valence-electron chi connectivity index (χ0n) is 34.9. The Bertz CT molecular complexity index is 2060. The number of carbonyl (C=O) groups is 8. The molecule has 0 bridgehead atoms. The normalized spacial score (nSPS) is 19.3. The van der Waals surface area contributed by atoms with Crippen LogP contribution in [0, 0.1) is 0 Å². The molecule has 4 amide bonds. The van der Waals surface area contributed by atoms with E-state index in [-0.39, 0.29) is 45.3 Å². The summed E-state index contributed by atoms with van der Waals surface area (Å²) in [6.45, 7) is 0. The molecule has 1 aliphatic rings. The van der Waals surface area contributed by atoms with Gasteiger partial charge in [-0.25, -0.2) is 19.2 Å². The Morgan fingerprint density at radius 2 is 0.531 bits per heavy atom. The lowest BCUT2D eigenvalue weighted by Gasteiger charge is -2.21. The Balaban J connectivity index is 1.52. The number of amides is 4. The third-order valence-corrected chi connectivity index (χ3v) is 14.4. The summed E-state index contributed by atoms with van der Waals surface area (Å²) in [7, 11) is 9.24. The van der Waals surface area contributed by atoms with Crippen LogP contribution in [0.15, 0.2) is 97.1 Å². The number of carbonyl (C=O) groups excluding carboxylic acids is 8. The predicted octanol–water partition coefficient (Wildman–Crippen LogP) is 4.58. The molecule has 0 aromatic heterocycles. The number of fused-ring (bicyclic) bond motifs is 6. The van der Waals surface area contributed by atoms with Crippen LogP contribution in [0.4, 0.5) is 0 Å². The number of hydrogen-bond acceptors (Lipinski definition) is 16. The molecule has 0 saturated carbocycles. The second-order valence-electron chi connectivity index (χ2n) is 13.5. The summed E-state index contributed by atoms with van der Waals surface area (Å²) in [5.41, 5.74) is 1.90. The maximum Gasteiger partial charge on any atom is 0.329 e. The summed E-state index contributed by atoms with van der Waals surface area (Å²) in [6.07, 6.45) is 0. The number of hydrogen-bond donors (Lipinski definition) is 4. The van der Waals surface area contributed by atoms with Gasteiger partial charge in [-0.05, 0) is 46.5 Å². The molecule has 0 fully saturated rings. The molecule has 336 valence electrons. The highest BCUT2D eigenvalue weighted by molar-refractivity contribution is 8.77. The number of rotatable bonds is 4. The van der Waals surface area contributed by atoms with Gasteiger partial charge in [0.25, 0.3) is 23.6 Å². The highest BCUT2D eigenvalue weighted by Gasteiger charge is 2.30. The molecule has 20 heteroatoms. The van der Waals surface area contributed by atoms with Crippen molar-refractivity contribution in [3.8, 4) is 22.3 Å². The lowest BCUT2D eigenvalue weighted by Crippen LogP contribution is -2.44. The second kappa shape index (κ2) is 24.2. The summed E-state index contributed by atoms with van der Waals surface area (Å²) in [5, 5.41) is 10.9. The van der Waals surface area contributed by atoms with Crippen LogP contribution in [0.25, 0.3) is 22.3 Å². The van der Waals surface area contributed by atoms with Crippen LogP contribution in [0.1, 0.15) is 41.4 Å². The largest absolute Gasteiger partial charge is 0.467 e. The van der Waals surface area contributed by atoms with Crippen molar-refractivity contribution in [3.63, 3.8) is 0 Å². The highest BCUT2D eigenvalue weighted by Crippen LogP contribution is 2.31. The van der Waals surface area contributed by atoms with Crippen molar-refractivity contribution in [1.29, 1.82) is 0 Å². The van der Waals surface area contributed by atoms with Crippen LogP contribution in [0.2, 0.25) is 0 Å². The summed E-state index contributed by atoms with van der Waals surface area (Å²) in [6, 6.07) is 21.2. The Labute approximate surface area is 384 Å². The molecule has 4 N–H and O–H groups in total. The monoisotopic (exact) mass is 948 g/mol. The van der Waals surface area contributed by atoms with Crippen LogP contribution in [0.5, 0.6) is 0 Å². The van der Waals surface area contributed by atoms with E-state index >= 15 is 0 Å². The first-order valence-electron chi connectivity index (χ1n) is 19.3. The molecule has 64 heavy (non-hydrogen) atoms. The third-order valence-electron chi connectivity index (χ3n) is 9.54. The van der Waals surface area contributed by atoms with E-state index in [1.165, 1.54) is 52.7 Å². The average Bonchev–Trinajstić information content (AvgIpc) is 3.33. The fourth-order valence-electron chi connectivity index (χ4n) is 6.32. The fraction of sp³-hybridized carbons (Fsp3) is 0.273. The standard InChI is InChI=1S/C44H44N4O12S4/c1-57-41(53)33-21-61-62-22-34(42(54)58-2)46-39(51)31-19-11-7-15-27(31)28-16-8-12-20-32(28)40(52)48-36(44(56)60-4)24-64-63-23-35(43(55)59-3)47-38(50)30-18-10-6-14-26(30)25-13-5-9-17-29(25)37(49)45-33/h5-20,33-36H,21-24H2,1-4H3,(H,45,49)(H,46,51)(H,47,50)(H,48,52)/t33-,34-,35-,36-/m0/s1. The molecule has 4 atom stereocenters. The Morgan fingerprint density at radius 3 is 0.703 bits per heavy atom. The number of esters is 4. The predicted molar refractivity (Wildman–Crippen MR) is 247 cm³/mol. The second-order valence-corrected chi connectivity index (χ2v) is 18.6. The van der Waals surface area contributed by atoms with E-state index in [2.05, 4.69) is 21.3 Å². The lowest BCUT2D eigenvalue weighted by molar-refractivity contribution is -0.143. The van der Waals surface area contributed by atoms with Gasteiger partial charge in [-0.15, -0.1) is 0 Å². The Hall–Kier alpha value is -5.96. The van der Waals surface area contributed by atoms with E-state index in [1.807, 2.05) is 0 Å². The zero-order valence-corrected chi connectivity index (χ0v) is 38.2. The number of methoxy groups -OCH3 is 4. The first-order chi connectivity index (χ1) is 30.9. The number of ether oxygens (including phenoxy) is 4. The smallest absolute Gasteiger partial charge is 0.329 e. The van der Waals surface area contributed by atoms with Gasteiger partial charge in [-0.2, -0.15) is 0 Å². The summed E-state index contributed by atoms with van der Waals surface area (Å²) in [5.74, 6) is -5.65. The molecule has 0 radical (unpaired) electrons. The van der Waals surface area contributed by atoms with Gasteiger partial charge < -0.3 is 40.2 Å². The SMILES string of the molecule is COC(=O)[C@@H]1CSSC[C@@H](C(=O)OC)NC(=O)c2ccccc2-c2ccccc2C(=O)N[C@H](C(=O)OC)CSSC[C@@H](C(=O)OC)NC(=O)c2ccccc2-c2ccccc2C(=O)N1. The van der Waals surface area contributed by atoms with Gasteiger partial charge in [0.2, 0.25) is 0 Å². The van der Waals surface area contributed by atoms with Gasteiger partial charge in [0.1, 0.15) is 24.2 Å². The molecule has 0 unspecified atom stereocenters. The third kappa shape index (κ3) is 12.6. The molecule has 1 heterocycles. The summed E-state index contributed by atoms with van der Waals surface area (Å²) < 4.78 is 20.0. The van der Waals surface area contributed by atoms with Crippen LogP contribution < -0.4 is 21.3 Å². The Morgan fingerprint density at radius 1 is 0.359 bits per heavy atom. The van der Waals surface area contributed by atoms with Crippen molar-refractivity contribution in [2.24, 2.45) is 0 Å². The molecule has 4 aromatic carbocycles. The maximum atomic E-state index is 13.9. The first kappa shape index (κ1) is 49.1. The minimum Gasteiger partial charge on any atom is -0.467 e. The van der Waals surface area contributed by atoms with E-state index in [4.69, 9.17) is 18.9 Å². The van der Waals surface area contributed by atoms with Gasteiger partial charge in [-0.3, -0.25) is 19.2 Å². The van der Waals surface area contributed by atoms with E-state index in [0.717, 1.165) is 43.2 Å². The average molecular weight is 949 g/mol. The van der Waals surface area contributed by atoms with Gasteiger partial charge in [0.15, 0.2) is 0 Å². The van der Waals surface area contributed by atoms with Gasteiger partial charge in [0, 0.05) is 45.3 Å². The van der Waals surface area contributed by atoms with Gasteiger partial charge >= 0.3 is 23.9 Å². The van der Waals surface area contributed by atoms with Gasteiger partial charge in [-0.1, -0.05) is 116 Å². The molecule has 0 spiro atoms.